The van der Waals surface area contributed by atoms with E-state index in [1.54, 1.807) is 19.1 Å². The summed E-state index contributed by atoms with van der Waals surface area (Å²) in [6.07, 6.45) is 0. The van der Waals surface area contributed by atoms with Gasteiger partial charge in [0.2, 0.25) is 0 Å². The summed E-state index contributed by atoms with van der Waals surface area (Å²) in [5.74, 6) is -0.281. The fourth-order valence-electron chi connectivity index (χ4n) is 2.02. The van der Waals surface area contributed by atoms with Crippen LogP contribution in [-0.4, -0.2) is 10.8 Å². The Balaban J connectivity index is 2.30. The number of carbonyl (C=O) groups excluding carboxylic acids is 1. The maximum atomic E-state index is 12.3. The third-order valence-corrected chi connectivity index (χ3v) is 3.81. The second kappa shape index (κ2) is 6.15. The molecule has 1 N–H and O–H groups in total. The van der Waals surface area contributed by atoms with Crippen molar-refractivity contribution in [3.63, 3.8) is 0 Å². The molecular weight excluding hydrogens is 304 g/mol. The first-order valence-electron chi connectivity index (χ1n) is 6.62. The third kappa shape index (κ3) is 3.26. The van der Waals surface area contributed by atoms with Crippen molar-refractivity contribution in [1.29, 1.82) is 0 Å². The van der Waals surface area contributed by atoms with Crippen LogP contribution >= 0.6 is 11.6 Å². The zero-order chi connectivity index (χ0) is 16.4. The Bertz CT molecular complexity index is 772. The second-order valence-corrected chi connectivity index (χ2v) is 5.54. The van der Waals surface area contributed by atoms with Gasteiger partial charge in [-0.15, -0.1) is 0 Å². The van der Waals surface area contributed by atoms with Crippen molar-refractivity contribution < 1.29 is 9.72 Å². The molecule has 2 rings (SSSR count). The third-order valence-electron chi connectivity index (χ3n) is 3.51. The topological polar surface area (TPSA) is 72.2 Å². The molecule has 6 heteroatoms. The average molecular weight is 319 g/mol. The standard InChI is InChI=1S/C16H15ClN2O3/c1-9-4-5-12(6-10(9)2)16(20)18-14-8-13(17)15(19(21)22)7-11(14)3/h4-8H,1-3H3,(H,18,20). The summed E-state index contributed by atoms with van der Waals surface area (Å²) in [5, 5.41) is 13.6. The van der Waals surface area contributed by atoms with Crippen molar-refractivity contribution in [2.45, 2.75) is 20.8 Å². The number of nitro groups is 1. The number of rotatable bonds is 3. The van der Waals surface area contributed by atoms with Crippen molar-refractivity contribution in [2.75, 3.05) is 5.32 Å². The van der Waals surface area contributed by atoms with Crippen LogP contribution in [0.15, 0.2) is 30.3 Å². The summed E-state index contributed by atoms with van der Waals surface area (Å²) in [6, 6.07) is 8.15. The van der Waals surface area contributed by atoms with E-state index in [-0.39, 0.29) is 16.6 Å². The molecule has 2 aromatic carbocycles. The van der Waals surface area contributed by atoms with Crippen molar-refractivity contribution in [3.05, 3.63) is 67.7 Å². The number of amides is 1. The number of anilines is 1. The lowest BCUT2D eigenvalue weighted by Crippen LogP contribution is -2.13. The van der Waals surface area contributed by atoms with E-state index in [0.717, 1.165) is 11.1 Å². The lowest BCUT2D eigenvalue weighted by atomic mass is 10.1. The Kier molecular flexibility index (Phi) is 4.47. The SMILES string of the molecule is Cc1ccc(C(=O)Nc2cc(Cl)c([N+](=O)[O-])cc2C)cc1C. The number of hydrogen-bond acceptors (Lipinski definition) is 3. The largest absolute Gasteiger partial charge is 0.322 e. The zero-order valence-electron chi connectivity index (χ0n) is 12.4. The Hall–Kier alpha value is -2.40. The number of halogens is 1. The van der Waals surface area contributed by atoms with Gasteiger partial charge >= 0.3 is 0 Å². The molecule has 0 spiro atoms. The van der Waals surface area contributed by atoms with Crippen LogP contribution in [0.2, 0.25) is 5.02 Å². The number of nitrogens with zero attached hydrogens (tertiary/aromatic N) is 1. The van der Waals surface area contributed by atoms with Gasteiger partial charge in [0.25, 0.3) is 11.6 Å². The average Bonchev–Trinajstić information content (AvgIpc) is 2.45. The normalized spacial score (nSPS) is 10.4. The molecule has 1 amide bonds. The fraction of sp³-hybridized carbons (Fsp3) is 0.188. The Morgan fingerprint density at radius 1 is 1.09 bits per heavy atom. The minimum Gasteiger partial charge on any atom is -0.322 e. The van der Waals surface area contributed by atoms with Crippen LogP contribution in [0.25, 0.3) is 0 Å². The number of carbonyl (C=O) groups is 1. The smallest absolute Gasteiger partial charge is 0.288 e. The minimum absolute atomic E-state index is 0.00835. The first kappa shape index (κ1) is 16.0. The maximum absolute atomic E-state index is 12.3. The van der Waals surface area contributed by atoms with Gasteiger partial charge < -0.3 is 5.32 Å². The van der Waals surface area contributed by atoms with Crippen molar-refractivity contribution in [1.82, 2.24) is 0 Å². The molecule has 0 saturated carbocycles. The van der Waals surface area contributed by atoms with E-state index in [1.807, 2.05) is 19.9 Å². The lowest BCUT2D eigenvalue weighted by Gasteiger charge is -2.10. The van der Waals surface area contributed by atoms with E-state index in [9.17, 15) is 14.9 Å². The molecule has 0 aliphatic heterocycles. The van der Waals surface area contributed by atoms with Crippen LogP contribution in [0.5, 0.6) is 0 Å². The molecule has 0 aliphatic carbocycles. The number of hydrogen-bond donors (Lipinski definition) is 1. The van der Waals surface area contributed by atoms with Crippen LogP contribution < -0.4 is 5.32 Å². The summed E-state index contributed by atoms with van der Waals surface area (Å²) in [4.78, 5) is 22.6. The number of aryl methyl sites for hydroxylation is 3. The molecule has 0 aromatic heterocycles. The first-order valence-corrected chi connectivity index (χ1v) is 7.00. The van der Waals surface area contributed by atoms with E-state index >= 15 is 0 Å². The van der Waals surface area contributed by atoms with Gasteiger partial charge in [0.15, 0.2) is 0 Å². The zero-order valence-corrected chi connectivity index (χ0v) is 13.2. The molecule has 5 nitrogen and oxygen atoms in total. The molecule has 0 fully saturated rings. The van der Waals surface area contributed by atoms with Gasteiger partial charge in [0.1, 0.15) is 5.02 Å². The van der Waals surface area contributed by atoms with E-state index in [0.29, 0.717) is 16.8 Å². The molecule has 2 aromatic rings. The van der Waals surface area contributed by atoms with Crippen molar-refractivity contribution in [2.24, 2.45) is 0 Å². The van der Waals surface area contributed by atoms with E-state index in [4.69, 9.17) is 11.6 Å². The number of benzene rings is 2. The van der Waals surface area contributed by atoms with Gasteiger partial charge in [-0.2, -0.15) is 0 Å². The summed E-state index contributed by atoms with van der Waals surface area (Å²) < 4.78 is 0. The molecule has 0 saturated heterocycles. The molecule has 0 atom stereocenters. The highest BCUT2D eigenvalue weighted by molar-refractivity contribution is 6.33. The molecule has 0 unspecified atom stereocenters. The van der Waals surface area contributed by atoms with Gasteiger partial charge in [0, 0.05) is 17.3 Å². The number of nitrogens with one attached hydrogen (secondary N) is 1. The monoisotopic (exact) mass is 318 g/mol. The lowest BCUT2D eigenvalue weighted by molar-refractivity contribution is -0.384. The molecule has 0 aliphatic rings. The number of nitro benzene ring substituents is 1. The van der Waals surface area contributed by atoms with Crippen LogP contribution in [-0.2, 0) is 0 Å². The van der Waals surface area contributed by atoms with E-state index in [2.05, 4.69) is 5.32 Å². The van der Waals surface area contributed by atoms with Gasteiger partial charge in [0.05, 0.1) is 4.92 Å². The Labute approximate surface area is 133 Å². The van der Waals surface area contributed by atoms with E-state index in [1.165, 1.54) is 12.1 Å². The maximum Gasteiger partial charge on any atom is 0.288 e. The van der Waals surface area contributed by atoms with Gasteiger partial charge in [-0.05, 0) is 55.7 Å². The predicted molar refractivity (Wildman–Crippen MR) is 86.7 cm³/mol. The van der Waals surface area contributed by atoms with Crippen LogP contribution in [0.3, 0.4) is 0 Å². The molecule has 0 radical (unpaired) electrons. The summed E-state index contributed by atoms with van der Waals surface area (Å²) in [7, 11) is 0. The van der Waals surface area contributed by atoms with E-state index < -0.39 is 4.92 Å². The fourth-order valence-corrected chi connectivity index (χ4v) is 2.25. The van der Waals surface area contributed by atoms with Gasteiger partial charge in [-0.3, -0.25) is 14.9 Å². The Morgan fingerprint density at radius 3 is 2.36 bits per heavy atom. The predicted octanol–water partition coefficient (Wildman–Crippen LogP) is 4.43. The summed E-state index contributed by atoms with van der Waals surface area (Å²) in [6.45, 7) is 5.58. The summed E-state index contributed by atoms with van der Waals surface area (Å²) >= 11 is 5.88. The molecule has 0 heterocycles. The Morgan fingerprint density at radius 2 is 1.77 bits per heavy atom. The molecule has 22 heavy (non-hydrogen) atoms. The highest BCUT2D eigenvalue weighted by atomic mass is 35.5. The van der Waals surface area contributed by atoms with Crippen molar-refractivity contribution in [3.8, 4) is 0 Å². The van der Waals surface area contributed by atoms with Gasteiger partial charge in [-0.1, -0.05) is 17.7 Å². The highest BCUT2D eigenvalue weighted by Gasteiger charge is 2.16. The second-order valence-electron chi connectivity index (χ2n) is 5.13. The van der Waals surface area contributed by atoms with Crippen LogP contribution in [0.1, 0.15) is 27.0 Å². The highest BCUT2D eigenvalue weighted by Crippen LogP contribution is 2.30. The van der Waals surface area contributed by atoms with Crippen LogP contribution in [0, 0.1) is 30.9 Å². The molecular formula is C16H15ClN2O3. The first-order chi connectivity index (χ1) is 10.3. The van der Waals surface area contributed by atoms with Gasteiger partial charge in [-0.25, -0.2) is 0 Å². The van der Waals surface area contributed by atoms with Crippen molar-refractivity contribution >= 4 is 28.9 Å². The minimum atomic E-state index is -0.551. The van der Waals surface area contributed by atoms with Crippen LogP contribution in [0.4, 0.5) is 11.4 Å². The quantitative estimate of drug-likeness (QED) is 0.672. The molecule has 0 bridgehead atoms. The molecule has 114 valence electrons. The summed E-state index contributed by atoms with van der Waals surface area (Å²) in [5.41, 5.74) is 3.50.